The molecule has 3 rings (SSSR count). The molecule has 27 heavy (non-hydrogen) atoms. The smallest absolute Gasteiger partial charge is 0.439 e. The van der Waals surface area contributed by atoms with Crippen molar-refractivity contribution >= 4 is 11.9 Å². The molecule has 1 saturated carbocycles. The van der Waals surface area contributed by atoms with E-state index in [0.717, 1.165) is 12.8 Å². The van der Waals surface area contributed by atoms with Gasteiger partial charge in [0.15, 0.2) is 5.82 Å². The number of aromatic nitrogens is 2. The minimum atomic E-state index is -0.671. The van der Waals surface area contributed by atoms with Crippen molar-refractivity contribution in [2.75, 3.05) is 0 Å². The second kappa shape index (κ2) is 7.02. The van der Waals surface area contributed by atoms with Crippen LogP contribution in [-0.4, -0.2) is 44.6 Å². The van der Waals surface area contributed by atoms with Gasteiger partial charge in [0, 0.05) is 17.2 Å². The molecule has 1 atom stereocenters. The standard InChI is InChI=1S/C19H23N3O5/c1-11(17(24)26-19(2,3)4)22(14-9-10-14)16(23)13-7-5-12(6-8-13)15-20-18(25)27-21-15/h5-8,11,14H,9-10H2,1-4H3,(H,20,21,25). The molecule has 1 N–H and O–H groups in total. The SMILES string of the molecule is CC(C(=O)OC(C)(C)C)N(C(=O)c1ccc(-c2noc(=O)[nH]2)cc1)C1CC1. The quantitative estimate of drug-likeness (QED) is 0.807. The van der Waals surface area contributed by atoms with Gasteiger partial charge in [-0.2, -0.15) is 0 Å². The summed E-state index contributed by atoms with van der Waals surface area (Å²) in [4.78, 5) is 40.6. The predicted octanol–water partition coefficient (Wildman–Crippen LogP) is 2.36. The first-order valence-electron chi connectivity index (χ1n) is 8.87. The molecular weight excluding hydrogens is 350 g/mol. The van der Waals surface area contributed by atoms with Crippen LogP contribution in [0.5, 0.6) is 0 Å². The van der Waals surface area contributed by atoms with E-state index >= 15 is 0 Å². The first-order valence-corrected chi connectivity index (χ1v) is 8.87. The Hall–Kier alpha value is -2.90. The largest absolute Gasteiger partial charge is 0.458 e. The molecule has 1 aromatic heterocycles. The van der Waals surface area contributed by atoms with Gasteiger partial charge >= 0.3 is 11.7 Å². The molecule has 1 unspecified atom stereocenters. The molecule has 1 heterocycles. The van der Waals surface area contributed by atoms with Gasteiger partial charge in [-0.3, -0.25) is 14.3 Å². The Balaban J connectivity index is 1.79. The molecule has 8 nitrogen and oxygen atoms in total. The first-order chi connectivity index (χ1) is 12.7. The van der Waals surface area contributed by atoms with Crippen LogP contribution in [0.3, 0.4) is 0 Å². The fraction of sp³-hybridized carbons (Fsp3) is 0.474. The summed E-state index contributed by atoms with van der Waals surface area (Å²) in [6.45, 7) is 7.09. The predicted molar refractivity (Wildman–Crippen MR) is 97.1 cm³/mol. The summed E-state index contributed by atoms with van der Waals surface area (Å²) >= 11 is 0. The van der Waals surface area contributed by atoms with E-state index in [4.69, 9.17) is 4.74 Å². The molecule has 2 aromatic rings. The monoisotopic (exact) mass is 373 g/mol. The lowest BCUT2D eigenvalue weighted by molar-refractivity contribution is -0.160. The van der Waals surface area contributed by atoms with Crippen LogP contribution in [0.15, 0.2) is 33.6 Å². The number of aromatic amines is 1. The molecule has 1 fully saturated rings. The Kier molecular flexibility index (Phi) is 4.91. The molecule has 1 aromatic carbocycles. The van der Waals surface area contributed by atoms with Crippen LogP contribution >= 0.6 is 0 Å². The Morgan fingerprint density at radius 3 is 2.37 bits per heavy atom. The van der Waals surface area contributed by atoms with Crippen molar-refractivity contribution in [3.05, 3.63) is 40.4 Å². The van der Waals surface area contributed by atoms with Crippen LogP contribution in [0.4, 0.5) is 0 Å². The van der Waals surface area contributed by atoms with Gasteiger partial charge in [-0.05, 0) is 52.7 Å². The molecule has 144 valence electrons. The van der Waals surface area contributed by atoms with Gasteiger partial charge in [0.2, 0.25) is 0 Å². The van der Waals surface area contributed by atoms with Gasteiger partial charge in [0.25, 0.3) is 5.91 Å². The number of hydrogen-bond acceptors (Lipinski definition) is 6. The number of H-pyrrole nitrogens is 1. The number of nitrogens with zero attached hydrogens (tertiary/aromatic N) is 2. The third-order valence-electron chi connectivity index (χ3n) is 4.19. The Labute approximate surface area is 156 Å². The summed E-state index contributed by atoms with van der Waals surface area (Å²) in [5, 5.41) is 3.62. The average molecular weight is 373 g/mol. The number of carbonyl (C=O) groups excluding carboxylic acids is 2. The number of rotatable bonds is 5. The zero-order chi connectivity index (χ0) is 19.8. The Morgan fingerprint density at radius 2 is 1.89 bits per heavy atom. The number of hydrogen-bond donors (Lipinski definition) is 1. The summed E-state index contributed by atoms with van der Waals surface area (Å²) in [6, 6.07) is 6.00. The minimum Gasteiger partial charge on any atom is -0.458 e. The maximum atomic E-state index is 13.0. The van der Waals surface area contributed by atoms with Crippen molar-refractivity contribution in [2.24, 2.45) is 0 Å². The van der Waals surface area contributed by atoms with Crippen molar-refractivity contribution in [3.63, 3.8) is 0 Å². The van der Waals surface area contributed by atoms with Gasteiger partial charge in [0.05, 0.1) is 0 Å². The van der Waals surface area contributed by atoms with E-state index in [1.54, 1.807) is 56.9 Å². The van der Waals surface area contributed by atoms with Crippen LogP contribution in [0, 0.1) is 0 Å². The number of carbonyl (C=O) groups is 2. The van der Waals surface area contributed by atoms with Crippen LogP contribution in [0.25, 0.3) is 11.4 Å². The summed E-state index contributed by atoms with van der Waals surface area (Å²) in [5.41, 5.74) is 0.460. The third-order valence-corrected chi connectivity index (χ3v) is 4.19. The molecule has 8 heteroatoms. The van der Waals surface area contributed by atoms with E-state index < -0.39 is 23.4 Å². The molecule has 1 aliphatic carbocycles. The topological polar surface area (TPSA) is 106 Å². The molecule has 1 amide bonds. The summed E-state index contributed by atoms with van der Waals surface area (Å²) in [6.07, 6.45) is 1.74. The lowest BCUT2D eigenvalue weighted by Gasteiger charge is -2.30. The zero-order valence-corrected chi connectivity index (χ0v) is 15.8. The van der Waals surface area contributed by atoms with E-state index in [2.05, 4.69) is 14.7 Å². The number of esters is 1. The maximum Gasteiger partial charge on any atom is 0.439 e. The molecule has 0 spiro atoms. The summed E-state index contributed by atoms with van der Waals surface area (Å²) in [7, 11) is 0. The number of nitrogens with one attached hydrogen (secondary N) is 1. The molecule has 0 saturated heterocycles. The highest BCUT2D eigenvalue weighted by Crippen LogP contribution is 2.31. The highest BCUT2D eigenvalue weighted by atomic mass is 16.6. The van der Waals surface area contributed by atoms with Crippen LogP contribution in [-0.2, 0) is 9.53 Å². The second-order valence-electron chi connectivity index (χ2n) is 7.67. The van der Waals surface area contributed by atoms with Crippen LogP contribution < -0.4 is 5.76 Å². The maximum absolute atomic E-state index is 13.0. The van der Waals surface area contributed by atoms with E-state index in [1.807, 2.05) is 0 Å². The van der Waals surface area contributed by atoms with Crippen LogP contribution in [0.2, 0.25) is 0 Å². The number of benzene rings is 1. The number of amides is 1. The number of ether oxygens (including phenoxy) is 1. The van der Waals surface area contributed by atoms with Crippen molar-refractivity contribution in [3.8, 4) is 11.4 Å². The molecule has 0 bridgehead atoms. The van der Waals surface area contributed by atoms with Crippen molar-refractivity contribution < 1.29 is 18.8 Å². The summed E-state index contributed by atoms with van der Waals surface area (Å²) < 4.78 is 9.92. The van der Waals surface area contributed by atoms with Gasteiger partial charge < -0.3 is 9.64 Å². The molecular formula is C19H23N3O5. The van der Waals surface area contributed by atoms with E-state index in [-0.39, 0.29) is 11.9 Å². The Bertz CT molecular complexity index is 887. The second-order valence-corrected chi connectivity index (χ2v) is 7.67. The molecule has 0 radical (unpaired) electrons. The van der Waals surface area contributed by atoms with Crippen molar-refractivity contribution in [1.82, 2.24) is 15.0 Å². The molecule has 0 aliphatic heterocycles. The highest BCUT2D eigenvalue weighted by Gasteiger charge is 2.40. The van der Waals surface area contributed by atoms with Crippen LogP contribution in [0.1, 0.15) is 50.9 Å². The fourth-order valence-corrected chi connectivity index (χ4v) is 2.79. The summed E-state index contributed by atoms with van der Waals surface area (Å²) in [5.74, 6) is -0.994. The van der Waals surface area contributed by atoms with Gasteiger partial charge in [-0.15, -0.1) is 0 Å². The first kappa shape index (κ1) is 18.9. The lowest BCUT2D eigenvalue weighted by Crippen LogP contribution is -2.47. The lowest BCUT2D eigenvalue weighted by atomic mass is 10.1. The van der Waals surface area contributed by atoms with Gasteiger partial charge in [-0.1, -0.05) is 17.3 Å². The Morgan fingerprint density at radius 1 is 1.26 bits per heavy atom. The van der Waals surface area contributed by atoms with Crippen molar-refractivity contribution in [1.29, 1.82) is 0 Å². The van der Waals surface area contributed by atoms with Gasteiger partial charge in [-0.25, -0.2) is 9.59 Å². The van der Waals surface area contributed by atoms with Gasteiger partial charge in [0.1, 0.15) is 11.6 Å². The van der Waals surface area contributed by atoms with E-state index in [0.29, 0.717) is 17.0 Å². The van der Waals surface area contributed by atoms with Crippen molar-refractivity contribution in [2.45, 2.75) is 58.2 Å². The zero-order valence-electron chi connectivity index (χ0n) is 15.8. The highest BCUT2D eigenvalue weighted by molar-refractivity contribution is 5.97. The molecule has 1 aliphatic rings. The minimum absolute atomic E-state index is 0.0478. The van der Waals surface area contributed by atoms with E-state index in [9.17, 15) is 14.4 Å². The average Bonchev–Trinajstić information content (AvgIpc) is 3.33. The third kappa shape index (κ3) is 4.45. The van der Waals surface area contributed by atoms with E-state index in [1.165, 1.54) is 0 Å². The normalized spacial score (nSPS) is 15.3. The fourth-order valence-electron chi connectivity index (χ4n) is 2.79.